The standard InChI is InChI=1S/C16H13ClF3N3O/c1-2-7-21-15(24)10-3-6-14(22-9-10)23-13-5-4-11(17)8-12(13)16(18,19)20/h2-6,8-9H,1,7H2,(H,21,24)(H,22,23). The van der Waals surface area contributed by atoms with Crippen molar-refractivity contribution in [2.75, 3.05) is 11.9 Å². The number of hydrogen-bond acceptors (Lipinski definition) is 3. The van der Waals surface area contributed by atoms with E-state index in [1.54, 1.807) is 0 Å². The number of anilines is 2. The molecule has 24 heavy (non-hydrogen) atoms. The quantitative estimate of drug-likeness (QED) is 0.781. The van der Waals surface area contributed by atoms with Crippen LogP contribution in [0.15, 0.2) is 49.2 Å². The number of carbonyl (C=O) groups is 1. The first-order valence-electron chi connectivity index (χ1n) is 6.80. The van der Waals surface area contributed by atoms with Gasteiger partial charge in [0.05, 0.1) is 16.8 Å². The van der Waals surface area contributed by atoms with Crippen molar-refractivity contribution in [3.8, 4) is 0 Å². The van der Waals surface area contributed by atoms with E-state index >= 15 is 0 Å². The van der Waals surface area contributed by atoms with Gasteiger partial charge in [0.25, 0.3) is 5.91 Å². The molecule has 0 aliphatic heterocycles. The fourth-order valence-corrected chi connectivity index (χ4v) is 2.04. The molecule has 1 amide bonds. The van der Waals surface area contributed by atoms with Crippen LogP contribution in [0, 0.1) is 0 Å². The number of hydrogen-bond donors (Lipinski definition) is 2. The van der Waals surface area contributed by atoms with Crippen molar-refractivity contribution in [2.45, 2.75) is 6.18 Å². The maximum atomic E-state index is 13.0. The number of nitrogens with zero attached hydrogens (tertiary/aromatic N) is 1. The van der Waals surface area contributed by atoms with E-state index in [4.69, 9.17) is 11.6 Å². The van der Waals surface area contributed by atoms with Gasteiger partial charge in [-0.2, -0.15) is 13.2 Å². The van der Waals surface area contributed by atoms with Gasteiger partial charge in [0, 0.05) is 17.8 Å². The molecule has 0 fully saturated rings. The monoisotopic (exact) mass is 355 g/mol. The third kappa shape index (κ3) is 4.48. The number of alkyl halides is 3. The Morgan fingerprint density at radius 3 is 2.62 bits per heavy atom. The van der Waals surface area contributed by atoms with Crippen LogP contribution >= 0.6 is 11.6 Å². The van der Waals surface area contributed by atoms with Gasteiger partial charge in [0.2, 0.25) is 0 Å². The van der Waals surface area contributed by atoms with Crippen LogP contribution in [0.25, 0.3) is 0 Å². The molecule has 1 aromatic carbocycles. The highest BCUT2D eigenvalue weighted by Crippen LogP contribution is 2.37. The predicted molar refractivity (Wildman–Crippen MR) is 86.5 cm³/mol. The predicted octanol–water partition coefficient (Wildman–Crippen LogP) is 4.41. The van der Waals surface area contributed by atoms with E-state index in [0.29, 0.717) is 6.54 Å². The van der Waals surface area contributed by atoms with Crippen molar-refractivity contribution >= 4 is 29.0 Å². The van der Waals surface area contributed by atoms with Gasteiger partial charge in [-0.25, -0.2) is 4.98 Å². The lowest BCUT2D eigenvalue weighted by Gasteiger charge is -2.14. The smallest absolute Gasteiger partial charge is 0.349 e. The van der Waals surface area contributed by atoms with Crippen LogP contribution in [0.4, 0.5) is 24.7 Å². The van der Waals surface area contributed by atoms with Gasteiger partial charge >= 0.3 is 6.18 Å². The zero-order chi connectivity index (χ0) is 17.7. The largest absolute Gasteiger partial charge is 0.418 e. The van der Waals surface area contributed by atoms with Crippen LogP contribution < -0.4 is 10.6 Å². The maximum absolute atomic E-state index is 13.0. The Morgan fingerprint density at radius 2 is 2.04 bits per heavy atom. The molecule has 0 bridgehead atoms. The summed E-state index contributed by atoms with van der Waals surface area (Å²) in [5.74, 6) is -0.181. The summed E-state index contributed by atoms with van der Waals surface area (Å²) in [7, 11) is 0. The molecule has 0 radical (unpaired) electrons. The van der Waals surface area contributed by atoms with Crippen molar-refractivity contribution in [1.29, 1.82) is 0 Å². The molecular weight excluding hydrogens is 343 g/mol. The zero-order valence-electron chi connectivity index (χ0n) is 12.3. The summed E-state index contributed by atoms with van der Waals surface area (Å²) in [6, 6.07) is 6.27. The normalized spacial score (nSPS) is 11.0. The molecule has 0 unspecified atom stereocenters. The summed E-state index contributed by atoms with van der Waals surface area (Å²) in [5, 5.41) is 5.13. The van der Waals surface area contributed by atoms with Crippen molar-refractivity contribution in [2.24, 2.45) is 0 Å². The van der Waals surface area contributed by atoms with Crippen molar-refractivity contribution in [3.63, 3.8) is 0 Å². The number of pyridine rings is 1. The van der Waals surface area contributed by atoms with Crippen molar-refractivity contribution in [3.05, 3.63) is 65.3 Å². The molecule has 0 atom stereocenters. The number of amides is 1. The molecule has 1 heterocycles. The van der Waals surface area contributed by atoms with Crippen LogP contribution in [-0.4, -0.2) is 17.4 Å². The lowest BCUT2D eigenvalue weighted by molar-refractivity contribution is -0.136. The number of carbonyl (C=O) groups excluding carboxylic acids is 1. The second kappa shape index (κ2) is 7.35. The van der Waals surface area contributed by atoms with Gasteiger partial charge in [-0.15, -0.1) is 6.58 Å². The molecule has 0 saturated heterocycles. The highest BCUT2D eigenvalue weighted by Gasteiger charge is 2.33. The van der Waals surface area contributed by atoms with E-state index in [1.807, 2.05) is 0 Å². The van der Waals surface area contributed by atoms with Gasteiger partial charge in [-0.05, 0) is 30.3 Å². The molecule has 1 aromatic heterocycles. The molecule has 0 aliphatic carbocycles. The van der Waals surface area contributed by atoms with Crippen LogP contribution in [-0.2, 0) is 6.18 Å². The van der Waals surface area contributed by atoms with Crippen LogP contribution in [0.3, 0.4) is 0 Å². The summed E-state index contributed by atoms with van der Waals surface area (Å²) in [5.41, 5.74) is -0.789. The first-order valence-corrected chi connectivity index (χ1v) is 7.18. The highest BCUT2D eigenvalue weighted by molar-refractivity contribution is 6.30. The molecule has 0 saturated carbocycles. The fourth-order valence-electron chi connectivity index (χ4n) is 1.87. The average Bonchev–Trinajstić information content (AvgIpc) is 2.54. The zero-order valence-corrected chi connectivity index (χ0v) is 13.1. The Balaban J connectivity index is 2.20. The molecule has 0 spiro atoms. The Hall–Kier alpha value is -2.54. The topological polar surface area (TPSA) is 54.0 Å². The molecule has 2 N–H and O–H groups in total. The highest BCUT2D eigenvalue weighted by atomic mass is 35.5. The molecular formula is C16H13ClF3N3O. The Morgan fingerprint density at radius 1 is 1.29 bits per heavy atom. The number of halogens is 4. The average molecular weight is 356 g/mol. The van der Waals surface area contributed by atoms with Gasteiger partial charge in [-0.3, -0.25) is 4.79 Å². The molecule has 2 rings (SSSR count). The fraction of sp³-hybridized carbons (Fsp3) is 0.125. The van der Waals surface area contributed by atoms with E-state index in [0.717, 1.165) is 6.07 Å². The number of benzene rings is 1. The molecule has 8 heteroatoms. The van der Waals surface area contributed by atoms with Gasteiger partial charge in [0.1, 0.15) is 5.82 Å². The minimum atomic E-state index is -4.56. The van der Waals surface area contributed by atoms with Gasteiger partial charge in [0.15, 0.2) is 0 Å². The van der Waals surface area contributed by atoms with Crippen LogP contribution in [0.5, 0.6) is 0 Å². The van der Waals surface area contributed by atoms with Crippen molar-refractivity contribution < 1.29 is 18.0 Å². The van der Waals surface area contributed by atoms with Gasteiger partial charge < -0.3 is 10.6 Å². The van der Waals surface area contributed by atoms with E-state index in [2.05, 4.69) is 22.2 Å². The first-order chi connectivity index (χ1) is 11.3. The number of rotatable bonds is 5. The summed E-state index contributed by atoms with van der Waals surface area (Å²) in [6.45, 7) is 3.78. The third-order valence-electron chi connectivity index (χ3n) is 2.98. The maximum Gasteiger partial charge on any atom is 0.418 e. The summed E-state index contributed by atoms with van der Waals surface area (Å²) >= 11 is 5.63. The van der Waals surface area contributed by atoms with Gasteiger partial charge in [-0.1, -0.05) is 17.7 Å². The van der Waals surface area contributed by atoms with E-state index in [1.165, 1.54) is 36.5 Å². The first kappa shape index (κ1) is 17.8. The summed E-state index contributed by atoms with van der Waals surface area (Å²) in [4.78, 5) is 15.7. The Labute approximate surface area is 141 Å². The van der Waals surface area contributed by atoms with Crippen LogP contribution in [0.2, 0.25) is 5.02 Å². The van der Waals surface area contributed by atoms with E-state index < -0.39 is 11.7 Å². The summed E-state index contributed by atoms with van der Waals surface area (Å²) < 4.78 is 39.1. The third-order valence-corrected chi connectivity index (χ3v) is 3.22. The molecule has 126 valence electrons. The molecule has 0 aliphatic rings. The van der Waals surface area contributed by atoms with Crippen molar-refractivity contribution in [1.82, 2.24) is 10.3 Å². The number of aromatic nitrogens is 1. The second-order valence-electron chi connectivity index (χ2n) is 4.74. The Kier molecular flexibility index (Phi) is 5.46. The van der Waals surface area contributed by atoms with E-state index in [-0.39, 0.29) is 28.0 Å². The van der Waals surface area contributed by atoms with E-state index in [9.17, 15) is 18.0 Å². The molecule has 2 aromatic rings. The minimum Gasteiger partial charge on any atom is -0.349 e. The lowest BCUT2D eigenvalue weighted by Crippen LogP contribution is -2.23. The molecule has 4 nitrogen and oxygen atoms in total. The Bertz CT molecular complexity index is 745. The second-order valence-corrected chi connectivity index (χ2v) is 5.18. The lowest BCUT2D eigenvalue weighted by atomic mass is 10.1. The summed E-state index contributed by atoms with van der Waals surface area (Å²) in [6.07, 6.45) is -1.76. The SMILES string of the molecule is C=CCNC(=O)c1ccc(Nc2ccc(Cl)cc2C(F)(F)F)nc1. The number of nitrogens with one attached hydrogen (secondary N) is 2. The minimum absolute atomic E-state index is 0.0185. The van der Waals surface area contributed by atoms with Crippen LogP contribution in [0.1, 0.15) is 15.9 Å².